The summed E-state index contributed by atoms with van der Waals surface area (Å²) in [6, 6.07) is 20.7. The number of rotatable bonds is 7. The summed E-state index contributed by atoms with van der Waals surface area (Å²) in [4.78, 5) is 32.1. The molecule has 162 valence electrons. The van der Waals surface area contributed by atoms with E-state index in [9.17, 15) is 9.59 Å². The SMILES string of the molecule is O=C(Cn1cnc2sc3c(c2c1=O)CCC3)NCCC(c1ccccc1)c1ccccc1. The third-order valence-corrected chi connectivity index (χ3v) is 7.36. The molecule has 5 nitrogen and oxygen atoms in total. The van der Waals surface area contributed by atoms with E-state index in [1.807, 2.05) is 36.4 Å². The molecule has 1 amide bonds. The molecule has 2 aromatic heterocycles. The molecular weight excluding hydrogens is 418 g/mol. The van der Waals surface area contributed by atoms with Crippen LogP contribution in [0.25, 0.3) is 10.2 Å². The molecule has 0 atom stereocenters. The molecule has 0 saturated heterocycles. The molecule has 2 heterocycles. The Balaban J connectivity index is 1.27. The zero-order chi connectivity index (χ0) is 21.9. The average Bonchev–Trinajstić information content (AvgIpc) is 3.41. The summed E-state index contributed by atoms with van der Waals surface area (Å²) in [5, 5.41) is 3.71. The Morgan fingerprint density at radius 2 is 1.72 bits per heavy atom. The molecule has 1 aliphatic carbocycles. The lowest BCUT2D eigenvalue weighted by Gasteiger charge is -2.18. The summed E-state index contributed by atoms with van der Waals surface area (Å²) in [6.07, 6.45) is 5.34. The first-order valence-corrected chi connectivity index (χ1v) is 11.9. The monoisotopic (exact) mass is 443 g/mol. The number of amides is 1. The molecule has 32 heavy (non-hydrogen) atoms. The van der Waals surface area contributed by atoms with Crippen molar-refractivity contribution in [2.75, 3.05) is 6.54 Å². The van der Waals surface area contributed by atoms with Crippen molar-refractivity contribution in [2.24, 2.45) is 0 Å². The Morgan fingerprint density at radius 1 is 1.03 bits per heavy atom. The lowest BCUT2D eigenvalue weighted by atomic mass is 9.88. The molecule has 1 aliphatic rings. The van der Waals surface area contributed by atoms with Crippen LogP contribution in [0.15, 0.2) is 71.8 Å². The predicted octanol–water partition coefficient (Wildman–Crippen LogP) is 4.29. The van der Waals surface area contributed by atoms with Crippen LogP contribution in [0.1, 0.15) is 40.3 Å². The summed E-state index contributed by atoms with van der Waals surface area (Å²) in [5.41, 5.74) is 3.50. The molecule has 0 aliphatic heterocycles. The number of aryl methyl sites for hydroxylation is 2. The van der Waals surface area contributed by atoms with Gasteiger partial charge < -0.3 is 5.32 Å². The number of fused-ring (bicyclic) bond motifs is 3. The Bertz CT molecular complexity index is 1260. The Hall–Kier alpha value is -3.25. The Morgan fingerprint density at radius 3 is 2.41 bits per heavy atom. The van der Waals surface area contributed by atoms with Crippen molar-refractivity contribution in [2.45, 2.75) is 38.1 Å². The molecule has 4 aromatic rings. The van der Waals surface area contributed by atoms with E-state index in [-0.39, 0.29) is 23.9 Å². The second-order valence-electron chi connectivity index (χ2n) is 8.23. The van der Waals surface area contributed by atoms with Crippen LogP contribution in [0.3, 0.4) is 0 Å². The lowest BCUT2D eigenvalue weighted by molar-refractivity contribution is -0.121. The van der Waals surface area contributed by atoms with E-state index in [1.54, 1.807) is 11.3 Å². The van der Waals surface area contributed by atoms with Gasteiger partial charge in [-0.2, -0.15) is 0 Å². The van der Waals surface area contributed by atoms with Crippen LogP contribution >= 0.6 is 11.3 Å². The number of hydrogen-bond acceptors (Lipinski definition) is 4. The van der Waals surface area contributed by atoms with Crippen molar-refractivity contribution in [1.29, 1.82) is 0 Å². The van der Waals surface area contributed by atoms with Crippen molar-refractivity contribution < 1.29 is 4.79 Å². The minimum Gasteiger partial charge on any atom is -0.355 e. The third-order valence-electron chi connectivity index (χ3n) is 6.16. The van der Waals surface area contributed by atoms with E-state index >= 15 is 0 Å². The van der Waals surface area contributed by atoms with Crippen molar-refractivity contribution in [1.82, 2.24) is 14.9 Å². The van der Waals surface area contributed by atoms with E-state index in [1.165, 1.54) is 26.9 Å². The van der Waals surface area contributed by atoms with Crippen LogP contribution in [0.4, 0.5) is 0 Å². The second kappa shape index (κ2) is 9.09. The number of nitrogens with one attached hydrogen (secondary N) is 1. The van der Waals surface area contributed by atoms with Crippen LogP contribution in [0.2, 0.25) is 0 Å². The number of hydrogen-bond donors (Lipinski definition) is 1. The molecule has 0 radical (unpaired) electrons. The van der Waals surface area contributed by atoms with Gasteiger partial charge in [0.2, 0.25) is 5.91 Å². The summed E-state index contributed by atoms with van der Waals surface area (Å²) in [5.74, 6) is 0.0341. The molecule has 6 heteroatoms. The maximum absolute atomic E-state index is 13.0. The van der Waals surface area contributed by atoms with Crippen LogP contribution in [0, 0.1) is 0 Å². The molecule has 0 unspecified atom stereocenters. The molecule has 0 fully saturated rings. The fraction of sp³-hybridized carbons (Fsp3) is 0.269. The van der Waals surface area contributed by atoms with Gasteiger partial charge >= 0.3 is 0 Å². The molecule has 1 N–H and O–H groups in total. The van der Waals surface area contributed by atoms with Gasteiger partial charge in [-0.3, -0.25) is 14.2 Å². The number of nitrogens with zero attached hydrogens (tertiary/aromatic N) is 2. The van der Waals surface area contributed by atoms with Crippen LogP contribution in [0.5, 0.6) is 0 Å². The quantitative estimate of drug-likeness (QED) is 0.464. The summed E-state index contributed by atoms with van der Waals surface area (Å²) in [6.45, 7) is 0.527. The minimum atomic E-state index is -0.167. The molecular formula is C26H25N3O2S. The predicted molar refractivity (Wildman–Crippen MR) is 128 cm³/mol. The topological polar surface area (TPSA) is 64.0 Å². The summed E-state index contributed by atoms with van der Waals surface area (Å²) < 4.78 is 1.44. The largest absolute Gasteiger partial charge is 0.355 e. The van der Waals surface area contributed by atoms with Gasteiger partial charge in [0.05, 0.1) is 11.7 Å². The summed E-state index contributed by atoms with van der Waals surface area (Å²) in [7, 11) is 0. The highest BCUT2D eigenvalue weighted by Gasteiger charge is 2.22. The fourth-order valence-electron chi connectivity index (χ4n) is 4.60. The van der Waals surface area contributed by atoms with Crippen molar-refractivity contribution in [3.05, 3.63) is 98.9 Å². The summed E-state index contributed by atoms with van der Waals surface area (Å²) >= 11 is 1.62. The van der Waals surface area contributed by atoms with E-state index in [0.717, 1.165) is 36.1 Å². The maximum atomic E-state index is 13.0. The third kappa shape index (κ3) is 4.10. The van der Waals surface area contributed by atoms with E-state index in [2.05, 4.69) is 34.6 Å². The number of aromatic nitrogens is 2. The van der Waals surface area contributed by atoms with E-state index in [0.29, 0.717) is 11.9 Å². The Kier molecular flexibility index (Phi) is 5.86. The molecule has 0 saturated carbocycles. The molecule has 0 spiro atoms. The van der Waals surface area contributed by atoms with E-state index in [4.69, 9.17) is 0 Å². The minimum absolute atomic E-state index is 0.00622. The molecule has 5 rings (SSSR count). The van der Waals surface area contributed by atoms with Gasteiger partial charge in [-0.05, 0) is 42.4 Å². The smallest absolute Gasteiger partial charge is 0.262 e. The fourth-order valence-corrected chi connectivity index (χ4v) is 5.81. The average molecular weight is 444 g/mol. The molecule has 2 aromatic carbocycles. The van der Waals surface area contributed by atoms with Gasteiger partial charge in [-0.15, -0.1) is 11.3 Å². The highest BCUT2D eigenvalue weighted by atomic mass is 32.1. The number of thiophene rings is 1. The first-order chi connectivity index (χ1) is 15.7. The van der Waals surface area contributed by atoms with Crippen molar-refractivity contribution in [3.63, 3.8) is 0 Å². The zero-order valence-corrected chi connectivity index (χ0v) is 18.6. The first-order valence-electron chi connectivity index (χ1n) is 11.1. The normalized spacial score (nSPS) is 12.9. The van der Waals surface area contributed by atoms with Gasteiger partial charge in [0.25, 0.3) is 5.56 Å². The first kappa shape index (κ1) is 20.6. The van der Waals surface area contributed by atoms with Crippen LogP contribution < -0.4 is 10.9 Å². The number of benzene rings is 2. The van der Waals surface area contributed by atoms with Crippen molar-refractivity contribution >= 4 is 27.5 Å². The maximum Gasteiger partial charge on any atom is 0.262 e. The highest BCUT2D eigenvalue weighted by Crippen LogP contribution is 2.34. The van der Waals surface area contributed by atoms with Gasteiger partial charge in [0.1, 0.15) is 11.4 Å². The second-order valence-corrected chi connectivity index (χ2v) is 9.31. The Labute approximate surface area is 190 Å². The van der Waals surface area contributed by atoms with Crippen molar-refractivity contribution in [3.8, 4) is 0 Å². The van der Waals surface area contributed by atoms with Gasteiger partial charge in [-0.25, -0.2) is 4.98 Å². The zero-order valence-electron chi connectivity index (χ0n) is 17.8. The number of carbonyl (C=O) groups excluding carboxylic acids is 1. The highest BCUT2D eigenvalue weighted by molar-refractivity contribution is 7.18. The number of carbonyl (C=O) groups is 1. The van der Waals surface area contributed by atoms with Crippen LogP contribution in [-0.2, 0) is 24.2 Å². The van der Waals surface area contributed by atoms with Gasteiger partial charge in [-0.1, -0.05) is 60.7 Å². The standard InChI is InChI=1S/C26H25N3O2S/c30-23(16-29-17-28-25-24(26(29)31)21-12-7-13-22(21)32-25)27-15-14-20(18-8-3-1-4-9-18)19-10-5-2-6-11-19/h1-6,8-11,17,20H,7,12-16H2,(H,27,30). The lowest BCUT2D eigenvalue weighted by Crippen LogP contribution is -2.33. The van der Waals surface area contributed by atoms with Crippen LogP contribution in [-0.4, -0.2) is 22.0 Å². The van der Waals surface area contributed by atoms with Gasteiger partial charge in [0, 0.05) is 17.3 Å². The van der Waals surface area contributed by atoms with Gasteiger partial charge in [0.15, 0.2) is 0 Å². The van der Waals surface area contributed by atoms with E-state index < -0.39 is 0 Å². The molecule has 0 bridgehead atoms.